The van der Waals surface area contributed by atoms with Gasteiger partial charge < -0.3 is 5.11 Å². The summed E-state index contributed by atoms with van der Waals surface area (Å²) in [6.45, 7) is 0. The number of benzene rings is 2. The van der Waals surface area contributed by atoms with Crippen molar-refractivity contribution in [3.05, 3.63) is 53.5 Å². The van der Waals surface area contributed by atoms with Crippen LogP contribution in [-0.4, -0.2) is 16.3 Å². The van der Waals surface area contributed by atoms with Crippen molar-refractivity contribution in [2.24, 2.45) is 0 Å². The Hall–Kier alpha value is -1.92. The van der Waals surface area contributed by atoms with Crippen LogP contribution in [0.15, 0.2) is 48.7 Å². The van der Waals surface area contributed by atoms with Gasteiger partial charge in [0.05, 0.1) is 4.88 Å². The molecule has 1 unspecified atom stereocenters. The summed E-state index contributed by atoms with van der Waals surface area (Å²) in [5.74, 6) is 0. The van der Waals surface area contributed by atoms with Crippen molar-refractivity contribution < 1.29 is 18.3 Å². The van der Waals surface area contributed by atoms with Crippen LogP contribution in [0.5, 0.6) is 0 Å². The van der Waals surface area contributed by atoms with Gasteiger partial charge in [0.2, 0.25) is 0 Å². The Labute approximate surface area is 122 Å². The van der Waals surface area contributed by atoms with E-state index >= 15 is 0 Å². The number of hydrogen-bond acceptors (Lipinski definition) is 3. The summed E-state index contributed by atoms with van der Waals surface area (Å²) < 4.78 is 37.5. The topological polar surface area (TPSA) is 33.1 Å². The van der Waals surface area contributed by atoms with Crippen molar-refractivity contribution in [3.63, 3.8) is 0 Å². The minimum atomic E-state index is -4.67. The lowest BCUT2D eigenvalue weighted by Gasteiger charge is -2.11. The molecular formula is C15H10F3NOS. The third-order valence-corrected chi connectivity index (χ3v) is 4.20. The van der Waals surface area contributed by atoms with E-state index in [0.717, 1.165) is 33.9 Å². The van der Waals surface area contributed by atoms with Gasteiger partial charge in [0, 0.05) is 11.8 Å². The average molecular weight is 309 g/mol. The van der Waals surface area contributed by atoms with Gasteiger partial charge in [-0.3, -0.25) is 0 Å². The number of aromatic nitrogens is 1. The van der Waals surface area contributed by atoms with E-state index in [1.165, 1.54) is 0 Å². The van der Waals surface area contributed by atoms with Crippen LogP contribution in [0.3, 0.4) is 0 Å². The van der Waals surface area contributed by atoms with Gasteiger partial charge in [-0.1, -0.05) is 36.4 Å². The maximum atomic E-state index is 12.5. The maximum absolute atomic E-state index is 12.5. The Kier molecular flexibility index (Phi) is 3.43. The van der Waals surface area contributed by atoms with E-state index < -0.39 is 12.3 Å². The molecule has 0 aliphatic heterocycles. The summed E-state index contributed by atoms with van der Waals surface area (Å²) in [6, 6.07) is 13.3. The molecule has 2 nitrogen and oxygen atoms in total. The molecular weight excluding hydrogens is 299 g/mol. The fourth-order valence-electron chi connectivity index (χ4n) is 2.03. The number of rotatable bonds is 2. The van der Waals surface area contributed by atoms with Gasteiger partial charge in [0.1, 0.15) is 5.01 Å². The van der Waals surface area contributed by atoms with Crippen LogP contribution < -0.4 is 0 Å². The van der Waals surface area contributed by atoms with Crippen molar-refractivity contribution in [1.82, 2.24) is 4.98 Å². The van der Waals surface area contributed by atoms with Crippen LogP contribution in [-0.2, 0) is 0 Å². The first kappa shape index (κ1) is 14.0. The van der Waals surface area contributed by atoms with Gasteiger partial charge in [-0.25, -0.2) is 4.98 Å². The molecule has 1 heterocycles. The Morgan fingerprint density at radius 3 is 2.48 bits per heavy atom. The smallest absolute Gasteiger partial charge is 0.379 e. The van der Waals surface area contributed by atoms with E-state index in [0.29, 0.717) is 5.01 Å². The summed E-state index contributed by atoms with van der Waals surface area (Å²) in [5.41, 5.74) is 0.735. The van der Waals surface area contributed by atoms with Gasteiger partial charge in [0.25, 0.3) is 0 Å². The highest BCUT2D eigenvalue weighted by Gasteiger charge is 2.40. The Morgan fingerprint density at radius 2 is 1.76 bits per heavy atom. The molecule has 3 aromatic rings. The summed E-state index contributed by atoms with van der Waals surface area (Å²) in [5, 5.41) is 11.7. The van der Waals surface area contributed by atoms with E-state index in [9.17, 15) is 18.3 Å². The normalized spacial score (nSPS) is 13.5. The largest absolute Gasteiger partial charge is 0.419 e. The molecule has 3 rings (SSSR count). The molecule has 1 aromatic heterocycles. The SMILES string of the molecule is OC(c1cnc(-c2ccc3ccccc3c2)s1)C(F)(F)F. The second kappa shape index (κ2) is 5.13. The van der Waals surface area contributed by atoms with Crippen LogP contribution >= 0.6 is 11.3 Å². The predicted molar refractivity (Wildman–Crippen MR) is 76.1 cm³/mol. The van der Waals surface area contributed by atoms with Gasteiger partial charge in [-0.05, 0) is 16.8 Å². The molecule has 0 bridgehead atoms. The van der Waals surface area contributed by atoms with Gasteiger partial charge in [-0.2, -0.15) is 13.2 Å². The quantitative estimate of drug-likeness (QED) is 0.753. The van der Waals surface area contributed by atoms with E-state index in [2.05, 4.69) is 4.98 Å². The molecule has 0 aliphatic rings. The molecule has 108 valence electrons. The fourth-order valence-corrected chi connectivity index (χ4v) is 2.95. The van der Waals surface area contributed by atoms with Crippen LogP contribution in [0.2, 0.25) is 0 Å². The minimum Gasteiger partial charge on any atom is -0.379 e. The molecule has 1 N–H and O–H groups in total. The minimum absolute atomic E-state index is 0.203. The standard InChI is InChI=1S/C15H10F3NOS/c16-15(17,18)13(20)12-8-19-14(21-12)11-6-5-9-3-1-2-4-10(9)7-11/h1-8,13,20H. The van der Waals surface area contributed by atoms with E-state index in [-0.39, 0.29) is 4.88 Å². The van der Waals surface area contributed by atoms with Gasteiger partial charge >= 0.3 is 6.18 Å². The molecule has 21 heavy (non-hydrogen) atoms. The Balaban J connectivity index is 1.98. The molecule has 0 fully saturated rings. The third-order valence-electron chi connectivity index (χ3n) is 3.10. The fraction of sp³-hybridized carbons (Fsp3) is 0.133. The lowest BCUT2D eigenvalue weighted by molar-refractivity contribution is -0.205. The van der Waals surface area contributed by atoms with Crippen molar-refractivity contribution in [2.45, 2.75) is 12.3 Å². The lowest BCUT2D eigenvalue weighted by atomic mass is 10.1. The summed E-state index contributed by atoms with van der Waals surface area (Å²) in [4.78, 5) is 3.78. The summed E-state index contributed by atoms with van der Waals surface area (Å²) in [7, 11) is 0. The van der Waals surface area contributed by atoms with Crippen LogP contribution in [0, 0.1) is 0 Å². The number of alkyl halides is 3. The van der Waals surface area contributed by atoms with Gasteiger partial charge in [-0.15, -0.1) is 11.3 Å². The first-order valence-electron chi connectivity index (χ1n) is 6.15. The number of fused-ring (bicyclic) bond motifs is 1. The van der Waals surface area contributed by atoms with E-state index in [1.807, 2.05) is 42.5 Å². The number of halogens is 3. The monoisotopic (exact) mass is 309 g/mol. The van der Waals surface area contributed by atoms with Crippen LogP contribution in [0.4, 0.5) is 13.2 Å². The molecule has 0 radical (unpaired) electrons. The molecule has 0 saturated heterocycles. The summed E-state index contributed by atoms with van der Waals surface area (Å²) >= 11 is 0.848. The molecule has 0 saturated carbocycles. The number of nitrogens with zero attached hydrogens (tertiary/aromatic N) is 1. The molecule has 1 atom stereocenters. The zero-order valence-electron chi connectivity index (χ0n) is 10.6. The molecule has 0 amide bonds. The highest BCUT2D eigenvalue weighted by atomic mass is 32.1. The van der Waals surface area contributed by atoms with Crippen molar-refractivity contribution in [2.75, 3.05) is 0 Å². The summed E-state index contributed by atoms with van der Waals surface area (Å²) in [6.07, 6.45) is -6.08. The van der Waals surface area contributed by atoms with Gasteiger partial charge in [0.15, 0.2) is 6.10 Å². The second-order valence-corrected chi connectivity index (χ2v) is 5.64. The lowest BCUT2D eigenvalue weighted by Crippen LogP contribution is -2.18. The van der Waals surface area contributed by atoms with Crippen molar-refractivity contribution in [1.29, 1.82) is 0 Å². The second-order valence-electron chi connectivity index (χ2n) is 4.57. The highest BCUT2D eigenvalue weighted by molar-refractivity contribution is 7.15. The maximum Gasteiger partial charge on any atom is 0.419 e. The first-order chi connectivity index (χ1) is 9.95. The number of hydrogen-bond donors (Lipinski definition) is 1. The number of aliphatic hydroxyl groups excluding tert-OH is 1. The molecule has 6 heteroatoms. The predicted octanol–water partition coefficient (Wildman–Crippen LogP) is 4.56. The zero-order valence-corrected chi connectivity index (χ0v) is 11.4. The first-order valence-corrected chi connectivity index (χ1v) is 6.96. The number of aliphatic hydroxyl groups is 1. The van der Waals surface area contributed by atoms with E-state index in [1.54, 1.807) is 0 Å². The highest BCUT2D eigenvalue weighted by Crippen LogP contribution is 2.37. The average Bonchev–Trinajstić information content (AvgIpc) is 2.94. The number of thiazole rings is 1. The Morgan fingerprint density at radius 1 is 1.05 bits per heavy atom. The third kappa shape index (κ3) is 2.77. The van der Waals surface area contributed by atoms with Crippen LogP contribution in [0.25, 0.3) is 21.3 Å². The van der Waals surface area contributed by atoms with Crippen LogP contribution in [0.1, 0.15) is 11.0 Å². The molecule has 0 spiro atoms. The van der Waals surface area contributed by atoms with Crippen molar-refractivity contribution >= 4 is 22.1 Å². The zero-order chi connectivity index (χ0) is 15.0. The molecule has 0 aliphatic carbocycles. The van der Waals surface area contributed by atoms with E-state index in [4.69, 9.17) is 0 Å². The molecule has 2 aromatic carbocycles. The Bertz CT molecular complexity index is 782. The van der Waals surface area contributed by atoms with Crippen molar-refractivity contribution in [3.8, 4) is 10.6 Å².